The number of nitrogens with zero attached hydrogens (tertiary/aromatic N) is 2. The molecule has 3 aliphatic rings. The number of rotatable bonds is 7. The summed E-state index contributed by atoms with van der Waals surface area (Å²) in [6.45, 7) is 4.38. The van der Waals surface area contributed by atoms with E-state index in [1.165, 1.54) is 0 Å². The lowest BCUT2D eigenvalue weighted by Crippen LogP contribution is -2.37. The van der Waals surface area contributed by atoms with E-state index in [1.54, 1.807) is 30.3 Å². The molecule has 5 rings (SSSR count). The van der Waals surface area contributed by atoms with Gasteiger partial charge in [-0.25, -0.2) is 0 Å². The predicted octanol–water partition coefficient (Wildman–Crippen LogP) is 2.71. The molecule has 2 aromatic rings. The molecule has 9 nitrogen and oxygen atoms in total. The Bertz CT molecular complexity index is 1180. The van der Waals surface area contributed by atoms with Crippen molar-refractivity contribution >= 4 is 34.9 Å². The molecular weight excluding hydrogens is 470 g/mol. The minimum atomic E-state index is -0.376. The summed E-state index contributed by atoms with van der Waals surface area (Å²) in [6.07, 6.45) is 1.66. The molecule has 0 atom stereocenters. The van der Waals surface area contributed by atoms with Crippen LogP contribution in [0.3, 0.4) is 0 Å². The molecule has 0 saturated carbocycles. The first kappa shape index (κ1) is 23.4. The molecule has 0 spiro atoms. The maximum absolute atomic E-state index is 12.8. The van der Waals surface area contributed by atoms with Crippen LogP contribution >= 0.6 is 11.8 Å². The van der Waals surface area contributed by atoms with Crippen LogP contribution in [0.15, 0.2) is 47.4 Å². The van der Waals surface area contributed by atoms with Gasteiger partial charge in [-0.1, -0.05) is 18.2 Å². The first-order chi connectivity index (χ1) is 17.1. The van der Waals surface area contributed by atoms with Gasteiger partial charge >= 0.3 is 0 Å². The fraction of sp³-hybridized carbons (Fsp3) is 0.320. The summed E-state index contributed by atoms with van der Waals surface area (Å²) in [6, 6.07) is 12.8. The maximum Gasteiger partial charge on any atom is 0.293 e. The Hall–Kier alpha value is -3.34. The van der Waals surface area contributed by atoms with Crippen LogP contribution in [0.5, 0.6) is 11.5 Å². The summed E-state index contributed by atoms with van der Waals surface area (Å²) in [5.74, 6) is 0.642. The molecule has 0 aromatic heterocycles. The second-order valence-corrected chi connectivity index (χ2v) is 9.28. The van der Waals surface area contributed by atoms with Crippen molar-refractivity contribution in [3.8, 4) is 11.5 Å². The lowest BCUT2D eigenvalue weighted by Gasteiger charge is -2.26. The van der Waals surface area contributed by atoms with Gasteiger partial charge in [-0.3, -0.25) is 24.2 Å². The van der Waals surface area contributed by atoms with Crippen molar-refractivity contribution in [1.82, 2.24) is 15.1 Å². The van der Waals surface area contributed by atoms with Gasteiger partial charge < -0.3 is 19.5 Å². The van der Waals surface area contributed by atoms with E-state index in [0.29, 0.717) is 22.0 Å². The van der Waals surface area contributed by atoms with Crippen LogP contribution in [0.25, 0.3) is 6.08 Å². The molecule has 3 heterocycles. The SMILES string of the molecule is O=C(NCCN1C(=O)S/C(=C/c2ccc3c(c2)OCO3)C1=O)c1cccc(CN2CCOCC2)c1. The van der Waals surface area contributed by atoms with Gasteiger partial charge in [-0.05, 0) is 53.2 Å². The van der Waals surface area contributed by atoms with Crippen molar-refractivity contribution in [2.24, 2.45) is 0 Å². The molecule has 0 aliphatic carbocycles. The molecule has 3 aliphatic heterocycles. The summed E-state index contributed by atoms with van der Waals surface area (Å²) in [7, 11) is 0. The Balaban J connectivity index is 1.15. The van der Waals surface area contributed by atoms with Crippen LogP contribution in [0.2, 0.25) is 0 Å². The molecule has 10 heteroatoms. The Morgan fingerprint density at radius 2 is 1.89 bits per heavy atom. The third kappa shape index (κ3) is 5.50. The minimum Gasteiger partial charge on any atom is -0.454 e. The Morgan fingerprint density at radius 1 is 1.06 bits per heavy atom. The number of morpholine rings is 1. The summed E-state index contributed by atoms with van der Waals surface area (Å²) in [5.41, 5.74) is 2.34. The molecule has 1 N–H and O–H groups in total. The van der Waals surface area contributed by atoms with Crippen molar-refractivity contribution in [2.75, 3.05) is 46.2 Å². The summed E-state index contributed by atoms with van der Waals surface area (Å²) in [5, 5.41) is 2.46. The molecule has 2 saturated heterocycles. The number of imide groups is 1. The highest BCUT2D eigenvalue weighted by Crippen LogP contribution is 2.36. The van der Waals surface area contributed by atoms with Gasteiger partial charge in [0.05, 0.1) is 18.1 Å². The van der Waals surface area contributed by atoms with E-state index in [9.17, 15) is 14.4 Å². The van der Waals surface area contributed by atoms with Crippen LogP contribution in [0.4, 0.5) is 4.79 Å². The number of thioether (sulfide) groups is 1. The molecule has 182 valence electrons. The third-order valence-electron chi connectivity index (χ3n) is 5.89. The largest absolute Gasteiger partial charge is 0.454 e. The zero-order chi connectivity index (χ0) is 24.2. The normalized spacial score (nSPS) is 19.0. The Kier molecular flexibility index (Phi) is 7.03. The predicted molar refractivity (Wildman–Crippen MR) is 130 cm³/mol. The fourth-order valence-electron chi connectivity index (χ4n) is 4.06. The number of ether oxygens (including phenoxy) is 3. The highest BCUT2D eigenvalue weighted by atomic mass is 32.2. The van der Waals surface area contributed by atoms with Gasteiger partial charge in [-0.2, -0.15) is 0 Å². The zero-order valence-electron chi connectivity index (χ0n) is 19.0. The lowest BCUT2D eigenvalue weighted by molar-refractivity contribution is -0.122. The van der Waals surface area contributed by atoms with Crippen LogP contribution in [0, 0.1) is 0 Å². The molecular formula is C25H25N3O6S. The molecule has 2 fully saturated rings. The van der Waals surface area contributed by atoms with Crippen LogP contribution < -0.4 is 14.8 Å². The summed E-state index contributed by atoms with van der Waals surface area (Å²) < 4.78 is 16.0. The molecule has 2 aromatic carbocycles. The number of fused-ring (bicyclic) bond motifs is 1. The van der Waals surface area contributed by atoms with Gasteiger partial charge in [0.25, 0.3) is 17.1 Å². The Morgan fingerprint density at radius 3 is 2.74 bits per heavy atom. The van der Waals surface area contributed by atoms with Gasteiger partial charge in [0.2, 0.25) is 6.79 Å². The van der Waals surface area contributed by atoms with Crippen molar-refractivity contribution in [3.05, 3.63) is 64.1 Å². The van der Waals surface area contributed by atoms with Crippen molar-refractivity contribution in [2.45, 2.75) is 6.54 Å². The van der Waals surface area contributed by atoms with E-state index in [1.807, 2.05) is 18.2 Å². The zero-order valence-corrected chi connectivity index (χ0v) is 19.8. The minimum absolute atomic E-state index is 0.0996. The van der Waals surface area contributed by atoms with E-state index >= 15 is 0 Å². The number of benzene rings is 2. The van der Waals surface area contributed by atoms with Gasteiger partial charge in [0, 0.05) is 38.3 Å². The van der Waals surface area contributed by atoms with E-state index in [4.69, 9.17) is 14.2 Å². The standard InChI is InChI=1S/C25H25N3O6S/c29-23(19-3-1-2-18(12-19)15-27-8-10-32-11-9-27)26-6-7-28-24(30)22(35-25(28)31)14-17-4-5-20-21(13-17)34-16-33-20/h1-5,12-14H,6-11,15-16H2,(H,26,29)/b22-14+. The molecule has 3 amide bonds. The number of nitrogens with one attached hydrogen (secondary N) is 1. The average molecular weight is 496 g/mol. The number of hydrogen-bond acceptors (Lipinski definition) is 8. The van der Waals surface area contributed by atoms with E-state index in [0.717, 1.165) is 60.6 Å². The topological polar surface area (TPSA) is 97.4 Å². The molecule has 0 unspecified atom stereocenters. The molecule has 0 radical (unpaired) electrons. The Labute approximate surface area is 207 Å². The van der Waals surface area contributed by atoms with Crippen molar-refractivity contribution in [3.63, 3.8) is 0 Å². The second kappa shape index (κ2) is 10.5. The first-order valence-electron chi connectivity index (χ1n) is 11.4. The summed E-state index contributed by atoms with van der Waals surface area (Å²) in [4.78, 5) is 41.6. The molecule has 35 heavy (non-hydrogen) atoms. The number of carbonyl (C=O) groups excluding carboxylic acids is 3. The fourth-order valence-corrected chi connectivity index (χ4v) is 4.92. The summed E-state index contributed by atoms with van der Waals surface area (Å²) >= 11 is 0.884. The smallest absolute Gasteiger partial charge is 0.293 e. The monoisotopic (exact) mass is 495 g/mol. The third-order valence-corrected chi connectivity index (χ3v) is 6.80. The van der Waals surface area contributed by atoms with Crippen LogP contribution in [-0.2, 0) is 16.1 Å². The van der Waals surface area contributed by atoms with Gasteiger partial charge in [0.1, 0.15) is 0 Å². The quantitative estimate of drug-likeness (QED) is 0.586. The van der Waals surface area contributed by atoms with E-state index in [-0.39, 0.29) is 36.9 Å². The van der Waals surface area contributed by atoms with Crippen molar-refractivity contribution < 1.29 is 28.6 Å². The second-order valence-electron chi connectivity index (χ2n) is 8.29. The van der Waals surface area contributed by atoms with E-state index < -0.39 is 0 Å². The average Bonchev–Trinajstić information content (AvgIpc) is 3.44. The number of amides is 3. The number of hydrogen-bond donors (Lipinski definition) is 1. The van der Waals surface area contributed by atoms with Gasteiger partial charge in [0.15, 0.2) is 11.5 Å². The van der Waals surface area contributed by atoms with Crippen molar-refractivity contribution in [1.29, 1.82) is 0 Å². The number of carbonyl (C=O) groups is 3. The molecule has 0 bridgehead atoms. The maximum atomic E-state index is 12.8. The van der Waals surface area contributed by atoms with Crippen LogP contribution in [-0.4, -0.2) is 73.0 Å². The highest BCUT2D eigenvalue weighted by Gasteiger charge is 2.34. The van der Waals surface area contributed by atoms with Gasteiger partial charge in [-0.15, -0.1) is 0 Å². The highest BCUT2D eigenvalue weighted by molar-refractivity contribution is 8.18. The first-order valence-corrected chi connectivity index (χ1v) is 12.2. The van der Waals surface area contributed by atoms with Crippen LogP contribution in [0.1, 0.15) is 21.5 Å². The lowest BCUT2D eigenvalue weighted by atomic mass is 10.1. The van der Waals surface area contributed by atoms with E-state index in [2.05, 4.69) is 10.2 Å².